The molecule has 0 saturated heterocycles. The van der Waals surface area contributed by atoms with Gasteiger partial charge in [-0.2, -0.15) is 0 Å². The number of rotatable bonds is 4. The first-order chi connectivity index (χ1) is 10.8. The van der Waals surface area contributed by atoms with Crippen LogP contribution in [0.3, 0.4) is 0 Å². The van der Waals surface area contributed by atoms with Gasteiger partial charge in [-0.15, -0.1) is 0 Å². The molecular formula is C17H19F2N3O. The van der Waals surface area contributed by atoms with Crippen LogP contribution >= 0.6 is 0 Å². The number of likely N-dealkylation sites (N-methyl/N-ethyl adjacent to an activating group) is 1. The first-order valence-electron chi connectivity index (χ1n) is 7.19. The lowest BCUT2D eigenvalue weighted by Crippen LogP contribution is -2.43. The van der Waals surface area contributed by atoms with Crippen molar-refractivity contribution in [2.45, 2.75) is 26.3 Å². The highest BCUT2D eigenvalue weighted by molar-refractivity contribution is 5.96. The van der Waals surface area contributed by atoms with Crippen LogP contribution in [0.2, 0.25) is 0 Å². The molecule has 1 aromatic heterocycles. The highest BCUT2D eigenvalue weighted by Gasteiger charge is 2.20. The van der Waals surface area contributed by atoms with E-state index in [-0.39, 0.29) is 12.3 Å². The summed E-state index contributed by atoms with van der Waals surface area (Å²) >= 11 is 0. The molecule has 1 amide bonds. The summed E-state index contributed by atoms with van der Waals surface area (Å²) in [5.41, 5.74) is 8.71. The average molecular weight is 319 g/mol. The van der Waals surface area contributed by atoms with Crippen LogP contribution in [0.25, 0.3) is 0 Å². The Bertz CT molecular complexity index is 714. The van der Waals surface area contributed by atoms with Gasteiger partial charge in [0.25, 0.3) is 0 Å². The van der Waals surface area contributed by atoms with Crippen LogP contribution < -0.4 is 10.6 Å². The molecule has 6 heteroatoms. The van der Waals surface area contributed by atoms with E-state index in [9.17, 15) is 13.6 Å². The van der Waals surface area contributed by atoms with Crippen molar-refractivity contribution in [3.63, 3.8) is 0 Å². The summed E-state index contributed by atoms with van der Waals surface area (Å²) in [4.78, 5) is 18.0. The summed E-state index contributed by atoms with van der Waals surface area (Å²) in [7, 11) is 1.60. The summed E-state index contributed by atoms with van der Waals surface area (Å²) < 4.78 is 26.4. The Morgan fingerprint density at radius 3 is 2.39 bits per heavy atom. The number of hydrogen-bond acceptors (Lipinski definition) is 3. The highest BCUT2D eigenvalue weighted by atomic mass is 19.1. The molecule has 1 aromatic carbocycles. The van der Waals surface area contributed by atoms with Crippen molar-refractivity contribution >= 4 is 11.6 Å². The van der Waals surface area contributed by atoms with Gasteiger partial charge in [0.15, 0.2) is 0 Å². The fourth-order valence-corrected chi connectivity index (χ4v) is 2.26. The predicted octanol–water partition coefficient (Wildman–Crippen LogP) is 2.51. The zero-order valence-corrected chi connectivity index (χ0v) is 13.3. The van der Waals surface area contributed by atoms with E-state index < -0.39 is 17.7 Å². The van der Waals surface area contributed by atoms with Gasteiger partial charge in [-0.25, -0.2) is 8.78 Å². The molecular weight excluding hydrogens is 300 g/mol. The maximum atomic E-state index is 13.2. The van der Waals surface area contributed by atoms with E-state index in [2.05, 4.69) is 4.98 Å². The lowest BCUT2D eigenvalue weighted by Gasteiger charge is -2.22. The van der Waals surface area contributed by atoms with Crippen LogP contribution in [0, 0.1) is 25.5 Å². The third kappa shape index (κ3) is 4.10. The SMILES string of the molecule is Cc1cc(N(C)C(=O)[C@@H](N)Cc2cc(F)cc(F)c2)cnc1C. The van der Waals surface area contributed by atoms with Gasteiger partial charge in [0, 0.05) is 18.8 Å². The fraction of sp³-hybridized carbons (Fsp3) is 0.294. The van der Waals surface area contributed by atoms with Gasteiger partial charge < -0.3 is 10.6 Å². The molecule has 2 rings (SSSR count). The number of nitrogens with two attached hydrogens (primary N) is 1. The van der Waals surface area contributed by atoms with Crippen molar-refractivity contribution in [2.24, 2.45) is 5.73 Å². The van der Waals surface area contributed by atoms with Crippen LogP contribution in [-0.4, -0.2) is 24.0 Å². The second kappa shape index (κ2) is 6.83. The van der Waals surface area contributed by atoms with Gasteiger partial charge in [0.1, 0.15) is 11.6 Å². The number of benzene rings is 1. The number of carbonyl (C=O) groups is 1. The number of carbonyl (C=O) groups excluding carboxylic acids is 1. The number of halogens is 2. The van der Waals surface area contributed by atoms with E-state index in [4.69, 9.17) is 5.73 Å². The van der Waals surface area contributed by atoms with Crippen molar-refractivity contribution in [2.75, 3.05) is 11.9 Å². The Morgan fingerprint density at radius 2 is 1.83 bits per heavy atom. The highest BCUT2D eigenvalue weighted by Crippen LogP contribution is 2.17. The van der Waals surface area contributed by atoms with Crippen LogP contribution in [0.1, 0.15) is 16.8 Å². The number of pyridine rings is 1. The molecule has 0 aliphatic rings. The number of aromatic nitrogens is 1. The van der Waals surface area contributed by atoms with Gasteiger partial charge in [-0.1, -0.05) is 0 Å². The first kappa shape index (κ1) is 17.0. The average Bonchev–Trinajstić information content (AvgIpc) is 2.47. The molecule has 1 atom stereocenters. The van der Waals surface area contributed by atoms with Crippen LogP contribution in [0.5, 0.6) is 0 Å². The van der Waals surface area contributed by atoms with Gasteiger partial charge in [0.05, 0.1) is 17.9 Å². The molecule has 4 nitrogen and oxygen atoms in total. The van der Waals surface area contributed by atoms with E-state index in [0.29, 0.717) is 11.3 Å². The minimum atomic E-state index is -0.900. The van der Waals surface area contributed by atoms with Crippen molar-refractivity contribution < 1.29 is 13.6 Å². The zero-order valence-electron chi connectivity index (χ0n) is 13.3. The Hall–Kier alpha value is -2.34. The molecule has 2 N–H and O–H groups in total. The number of nitrogens with zero attached hydrogens (tertiary/aromatic N) is 2. The summed E-state index contributed by atoms with van der Waals surface area (Å²) in [5.74, 6) is -1.72. The lowest BCUT2D eigenvalue weighted by atomic mass is 10.0. The molecule has 0 bridgehead atoms. The van der Waals surface area contributed by atoms with Crippen LogP contribution in [0.15, 0.2) is 30.5 Å². The molecule has 0 spiro atoms. The van der Waals surface area contributed by atoms with E-state index in [1.807, 2.05) is 19.9 Å². The maximum Gasteiger partial charge on any atom is 0.244 e. The second-order valence-electron chi connectivity index (χ2n) is 5.58. The smallest absolute Gasteiger partial charge is 0.244 e. The first-order valence-corrected chi connectivity index (χ1v) is 7.19. The minimum Gasteiger partial charge on any atom is -0.320 e. The Balaban J connectivity index is 2.13. The van der Waals surface area contributed by atoms with Crippen LogP contribution in [-0.2, 0) is 11.2 Å². The molecule has 0 aliphatic heterocycles. The van der Waals surface area contributed by atoms with Crippen molar-refractivity contribution in [1.82, 2.24) is 4.98 Å². The summed E-state index contributed by atoms with van der Waals surface area (Å²) in [6, 6.07) is 4.07. The van der Waals surface area contributed by atoms with Gasteiger partial charge in [-0.05, 0) is 49.6 Å². The molecule has 122 valence electrons. The van der Waals surface area contributed by atoms with E-state index in [1.54, 1.807) is 13.2 Å². The lowest BCUT2D eigenvalue weighted by molar-refractivity contribution is -0.119. The fourth-order valence-electron chi connectivity index (χ4n) is 2.26. The monoisotopic (exact) mass is 319 g/mol. The molecule has 0 aliphatic carbocycles. The largest absolute Gasteiger partial charge is 0.320 e. The Morgan fingerprint density at radius 1 is 1.22 bits per heavy atom. The minimum absolute atomic E-state index is 0.0517. The van der Waals surface area contributed by atoms with Gasteiger partial charge in [-0.3, -0.25) is 9.78 Å². The Kier molecular flexibility index (Phi) is 5.05. The van der Waals surface area contributed by atoms with Crippen LogP contribution in [0.4, 0.5) is 14.5 Å². The predicted molar refractivity (Wildman–Crippen MR) is 85.2 cm³/mol. The van der Waals surface area contributed by atoms with Crippen molar-refractivity contribution in [1.29, 1.82) is 0 Å². The Labute approximate surface area is 133 Å². The van der Waals surface area contributed by atoms with Gasteiger partial charge >= 0.3 is 0 Å². The molecule has 0 fully saturated rings. The zero-order chi connectivity index (χ0) is 17.1. The van der Waals surface area contributed by atoms with E-state index >= 15 is 0 Å². The van der Waals surface area contributed by atoms with Crippen molar-refractivity contribution in [3.05, 3.63) is 58.9 Å². The van der Waals surface area contributed by atoms with Gasteiger partial charge in [0.2, 0.25) is 5.91 Å². The standard InChI is InChI=1S/C17H19F2N3O/c1-10-4-15(9-21-11(10)2)22(3)17(23)16(20)7-12-5-13(18)8-14(19)6-12/h4-6,8-9,16H,7,20H2,1-3H3/t16-/m0/s1. The third-order valence-electron chi connectivity index (χ3n) is 3.74. The van der Waals surface area contributed by atoms with E-state index in [0.717, 1.165) is 17.3 Å². The number of anilines is 1. The number of aryl methyl sites for hydroxylation is 2. The maximum absolute atomic E-state index is 13.2. The molecule has 0 saturated carbocycles. The second-order valence-corrected chi connectivity index (χ2v) is 5.58. The third-order valence-corrected chi connectivity index (χ3v) is 3.74. The summed E-state index contributed by atoms with van der Waals surface area (Å²) in [6.07, 6.45) is 1.64. The van der Waals surface area contributed by atoms with E-state index in [1.165, 1.54) is 17.0 Å². The van der Waals surface area contributed by atoms with Crippen molar-refractivity contribution in [3.8, 4) is 0 Å². The quantitative estimate of drug-likeness (QED) is 0.942. The summed E-state index contributed by atoms with van der Waals surface area (Å²) in [5, 5.41) is 0. The topological polar surface area (TPSA) is 59.2 Å². The normalized spacial score (nSPS) is 12.1. The molecule has 23 heavy (non-hydrogen) atoms. The number of amides is 1. The molecule has 1 heterocycles. The number of hydrogen-bond donors (Lipinski definition) is 1. The molecule has 0 unspecified atom stereocenters. The summed E-state index contributed by atoms with van der Waals surface area (Å²) in [6.45, 7) is 3.78. The molecule has 0 radical (unpaired) electrons. The molecule has 2 aromatic rings.